The van der Waals surface area contributed by atoms with Gasteiger partial charge in [0.1, 0.15) is 0 Å². The van der Waals surface area contributed by atoms with Gasteiger partial charge in [0.15, 0.2) is 0 Å². The van der Waals surface area contributed by atoms with Crippen LogP contribution in [0.3, 0.4) is 0 Å². The third kappa shape index (κ3) is 2.14. The molecule has 1 aromatic carbocycles. The number of rotatable bonds is 2. The normalized spacial score (nSPS) is 14.7. The summed E-state index contributed by atoms with van der Waals surface area (Å²) in [6, 6.07) is 6.49. The van der Waals surface area contributed by atoms with Gasteiger partial charge in [-0.15, -0.1) is 0 Å². The van der Waals surface area contributed by atoms with E-state index in [4.69, 9.17) is 0 Å². The molecule has 0 aliphatic carbocycles. The van der Waals surface area contributed by atoms with Gasteiger partial charge < -0.3 is 9.88 Å². The average molecular weight is 256 g/mol. The van der Waals surface area contributed by atoms with Gasteiger partial charge in [-0.05, 0) is 25.5 Å². The lowest BCUT2D eigenvalue weighted by Gasteiger charge is -2.27. The third-order valence-corrected chi connectivity index (χ3v) is 3.95. The molecule has 0 fully saturated rings. The van der Waals surface area contributed by atoms with E-state index in [9.17, 15) is 4.79 Å². The van der Waals surface area contributed by atoms with Crippen molar-refractivity contribution >= 4 is 16.8 Å². The molecule has 1 aromatic heterocycles. The summed E-state index contributed by atoms with van der Waals surface area (Å²) in [6.07, 6.45) is 2.53. The molecule has 2 aromatic rings. The molecular weight excluding hydrogens is 236 g/mol. The number of benzene rings is 1. The van der Waals surface area contributed by atoms with Crippen LogP contribution in [-0.2, 0) is 17.8 Å². The predicted octanol–water partition coefficient (Wildman–Crippen LogP) is 3.16. The van der Waals surface area contributed by atoms with E-state index >= 15 is 0 Å². The second kappa shape index (κ2) is 4.72. The van der Waals surface area contributed by atoms with Crippen molar-refractivity contribution in [1.29, 1.82) is 0 Å². The largest absolute Gasteiger partial charge is 0.358 e. The standard InChI is InChI=1S/C16H20N2O/c1-3-4-16(19)18-8-7-15-13(10-18)12-9-11(2)5-6-14(12)17-15/h5-6,9,17H,3-4,7-8,10H2,1-2H3. The molecule has 1 aliphatic rings. The number of aromatic amines is 1. The van der Waals surface area contributed by atoms with E-state index < -0.39 is 0 Å². The van der Waals surface area contributed by atoms with E-state index in [-0.39, 0.29) is 5.91 Å². The Bertz CT molecular complexity index is 627. The molecule has 3 heteroatoms. The highest BCUT2D eigenvalue weighted by atomic mass is 16.2. The fraction of sp³-hybridized carbons (Fsp3) is 0.438. The molecule has 0 radical (unpaired) electrons. The lowest BCUT2D eigenvalue weighted by Crippen LogP contribution is -2.35. The van der Waals surface area contributed by atoms with Gasteiger partial charge in [-0.2, -0.15) is 0 Å². The van der Waals surface area contributed by atoms with Crippen molar-refractivity contribution in [3.05, 3.63) is 35.0 Å². The van der Waals surface area contributed by atoms with E-state index in [0.29, 0.717) is 6.42 Å². The van der Waals surface area contributed by atoms with Crippen molar-refractivity contribution in [2.75, 3.05) is 6.54 Å². The van der Waals surface area contributed by atoms with Crippen molar-refractivity contribution in [3.63, 3.8) is 0 Å². The van der Waals surface area contributed by atoms with Crippen LogP contribution in [0.25, 0.3) is 10.9 Å². The fourth-order valence-corrected chi connectivity index (χ4v) is 2.91. The SMILES string of the molecule is CCCC(=O)N1CCc2[nH]c3ccc(C)cc3c2C1. The first-order valence-corrected chi connectivity index (χ1v) is 7.07. The van der Waals surface area contributed by atoms with Crippen LogP contribution in [0.2, 0.25) is 0 Å². The maximum Gasteiger partial charge on any atom is 0.222 e. The number of carbonyl (C=O) groups excluding carboxylic acids is 1. The maximum absolute atomic E-state index is 12.0. The van der Waals surface area contributed by atoms with E-state index in [2.05, 4.69) is 37.0 Å². The zero-order valence-electron chi connectivity index (χ0n) is 11.6. The van der Waals surface area contributed by atoms with E-state index in [1.54, 1.807) is 0 Å². The molecule has 0 spiro atoms. The minimum atomic E-state index is 0.287. The van der Waals surface area contributed by atoms with E-state index in [1.807, 2.05) is 4.90 Å². The number of nitrogens with one attached hydrogen (secondary N) is 1. The van der Waals surface area contributed by atoms with Crippen LogP contribution in [-0.4, -0.2) is 22.3 Å². The number of nitrogens with zero attached hydrogens (tertiary/aromatic N) is 1. The van der Waals surface area contributed by atoms with Gasteiger partial charge in [-0.3, -0.25) is 4.79 Å². The second-order valence-corrected chi connectivity index (χ2v) is 5.45. The van der Waals surface area contributed by atoms with Crippen molar-refractivity contribution in [2.45, 2.75) is 39.7 Å². The van der Waals surface area contributed by atoms with Gasteiger partial charge in [-0.1, -0.05) is 18.6 Å². The number of hydrogen-bond donors (Lipinski definition) is 1. The molecule has 0 saturated heterocycles. The van der Waals surface area contributed by atoms with Gasteiger partial charge in [0, 0.05) is 48.1 Å². The number of aryl methyl sites for hydroxylation is 1. The summed E-state index contributed by atoms with van der Waals surface area (Å²) in [5, 5.41) is 1.28. The highest BCUT2D eigenvalue weighted by molar-refractivity contribution is 5.86. The average Bonchev–Trinajstić information content (AvgIpc) is 2.76. The van der Waals surface area contributed by atoms with Crippen LogP contribution >= 0.6 is 0 Å². The molecule has 1 N–H and O–H groups in total. The summed E-state index contributed by atoms with van der Waals surface area (Å²) in [5.74, 6) is 0.287. The lowest BCUT2D eigenvalue weighted by atomic mass is 10.0. The van der Waals surface area contributed by atoms with Crippen LogP contribution in [0.1, 0.15) is 36.6 Å². The van der Waals surface area contributed by atoms with Crippen molar-refractivity contribution < 1.29 is 4.79 Å². The van der Waals surface area contributed by atoms with Crippen LogP contribution in [0.4, 0.5) is 0 Å². The number of H-pyrrole nitrogens is 1. The second-order valence-electron chi connectivity index (χ2n) is 5.45. The summed E-state index contributed by atoms with van der Waals surface area (Å²) in [5.41, 5.74) is 5.09. The molecule has 0 atom stereocenters. The van der Waals surface area contributed by atoms with Crippen LogP contribution < -0.4 is 0 Å². The first kappa shape index (κ1) is 12.3. The Labute approximate surface area is 113 Å². The third-order valence-electron chi connectivity index (χ3n) is 3.95. The van der Waals surface area contributed by atoms with E-state index in [0.717, 1.165) is 25.9 Å². The number of fused-ring (bicyclic) bond motifs is 3. The van der Waals surface area contributed by atoms with Crippen molar-refractivity contribution in [3.8, 4) is 0 Å². The quantitative estimate of drug-likeness (QED) is 0.880. The van der Waals surface area contributed by atoms with Crippen LogP contribution in [0.5, 0.6) is 0 Å². The summed E-state index contributed by atoms with van der Waals surface area (Å²) < 4.78 is 0. The highest BCUT2D eigenvalue weighted by Crippen LogP contribution is 2.28. The van der Waals surface area contributed by atoms with Crippen LogP contribution in [0, 0.1) is 6.92 Å². The van der Waals surface area contributed by atoms with Crippen molar-refractivity contribution in [1.82, 2.24) is 9.88 Å². The summed E-state index contributed by atoms with van der Waals surface area (Å²) in [7, 11) is 0. The maximum atomic E-state index is 12.0. The molecule has 1 aliphatic heterocycles. The smallest absolute Gasteiger partial charge is 0.222 e. The minimum absolute atomic E-state index is 0.287. The molecule has 3 nitrogen and oxygen atoms in total. The van der Waals surface area contributed by atoms with Crippen molar-refractivity contribution in [2.24, 2.45) is 0 Å². The molecule has 3 rings (SSSR count). The Morgan fingerprint density at radius 3 is 3.05 bits per heavy atom. The van der Waals surface area contributed by atoms with Gasteiger partial charge in [0.05, 0.1) is 0 Å². The van der Waals surface area contributed by atoms with Crippen LogP contribution in [0.15, 0.2) is 18.2 Å². The zero-order chi connectivity index (χ0) is 13.4. The minimum Gasteiger partial charge on any atom is -0.358 e. The molecule has 100 valence electrons. The molecule has 0 saturated carbocycles. The number of hydrogen-bond acceptors (Lipinski definition) is 1. The molecule has 19 heavy (non-hydrogen) atoms. The van der Waals surface area contributed by atoms with E-state index in [1.165, 1.54) is 27.7 Å². The Balaban J connectivity index is 1.97. The molecular formula is C16H20N2O. The Morgan fingerprint density at radius 1 is 1.42 bits per heavy atom. The summed E-state index contributed by atoms with van der Waals surface area (Å²) in [6.45, 7) is 5.78. The molecule has 0 bridgehead atoms. The first-order valence-electron chi connectivity index (χ1n) is 7.07. The van der Waals surface area contributed by atoms with Gasteiger partial charge >= 0.3 is 0 Å². The molecule has 0 unspecified atom stereocenters. The number of carbonyl (C=O) groups is 1. The Morgan fingerprint density at radius 2 is 2.26 bits per heavy atom. The molecule has 2 heterocycles. The highest BCUT2D eigenvalue weighted by Gasteiger charge is 2.23. The Kier molecular flexibility index (Phi) is 3.05. The Hall–Kier alpha value is -1.77. The summed E-state index contributed by atoms with van der Waals surface area (Å²) in [4.78, 5) is 17.5. The fourth-order valence-electron chi connectivity index (χ4n) is 2.91. The molecule has 1 amide bonds. The van der Waals surface area contributed by atoms with Gasteiger partial charge in [0.2, 0.25) is 5.91 Å². The topological polar surface area (TPSA) is 36.1 Å². The monoisotopic (exact) mass is 256 g/mol. The first-order chi connectivity index (χ1) is 9.19. The number of amides is 1. The van der Waals surface area contributed by atoms with Gasteiger partial charge in [0.25, 0.3) is 0 Å². The van der Waals surface area contributed by atoms with Gasteiger partial charge in [-0.25, -0.2) is 0 Å². The zero-order valence-corrected chi connectivity index (χ0v) is 11.6. The number of aromatic nitrogens is 1. The summed E-state index contributed by atoms with van der Waals surface area (Å²) >= 11 is 0. The lowest BCUT2D eigenvalue weighted by molar-refractivity contribution is -0.132. The predicted molar refractivity (Wildman–Crippen MR) is 77.1 cm³/mol.